The summed E-state index contributed by atoms with van der Waals surface area (Å²) in [5.41, 5.74) is 0. The van der Waals surface area contributed by atoms with E-state index in [1.54, 1.807) is 0 Å². The van der Waals surface area contributed by atoms with E-state index in [1.807, 2.05) is 14.1 Å². The lowest BCUT2D eigenvalue weighted by atomic mass is 9.86. The van der Waals surface area contributed by atoms with Crippen LogP contribution in [-0.2, 0) is 0 Å². The van der Waals surface area contributed by atoms with Gasteiger partial charge in [-0.2, -0.15) is 0 Å². The van der Waals surface area contributed by atoms with Crippen molar-refractivity contribution in [2.45, 2.75) is 64.7 Å². The molecule has 0 heterocycles. The molecule has 1 fully saturated rings. The highest BCUT2D eigenvalue weighted by molar-refractivity contribution is 4.65. The second-order valence-electron chi connectivity index (χ2n) is 4.50. The molecular weight excluding hydrogens is 170 g/mol. The fourth-order valence-electron chi connectivity index (χ4n) is 2.16. The molecule has 0 amide bonds. The van der Waals surface area contributed by atoms with E-state index in [4.69, 9.17) is 0 Å². The highest BCUT2D eigenvalue weighted by Crippen LogP contribution is 2.27. The third kappa shape index (κ3) is 8.55. The first-order valence-corrected chi connectivity index (χ1v) is 6.43. The molecule has 1 saturated carbocycles. The number of nitrogens with one attached hydrogen (secondary N) is 1. The summed E-state index contributed by atoms with van der Waals surface area (Å²) in [5, 5.41) is 2.75. The van der Waals surface area contributed by atoms with Gasteiger partial charge in [0.1, 0.15) is 0 Å². The molecule has 86 valence electrons. The lowest BCUT2D eigenvalue weighted by molar-refractivity contribution is 0.329. The van der Waals surface area contributed by atoms with Crippen molar-refractivity contribution in [3.63, 3.8) is 0 Å². The Labute approximate surface area is 90.7 Å². The standard InChI is InChI=1S/C11H22.C2H7N/c1-2-3-5-8-11-9-6-4-7-10-11;1-3-2/h11H,2-10H2,1H3;3H,1-2H3. The van der Waals surface area contributed by atoms with Crippen LogP contribution in [0.25, 0.3) is 0 Å². The minimum Gasteiger partial charge on any atom is -0.323 e. The van der Waals surface area contributed by atoms with E-state index >= 15 is 0 Å². The molecule has 0 bridgehead atoms. The molecule has 1 heteroatoms. The van der Waals surface area contributed by atoms with Crippen LogP contribution in [0.2, 0.25) is 0 Å². The largest absolute Gasteiger partial charge is 0.323 e. The molecule has 0 unspecified atom stereocenters. The van der Waals surface area contributed by atoms with Crippen molar-refractivity contribution in [3.05, 3.63) is 0 Å². The van der Waals surface area contributed by atoms with E-state index in [-0.39, 0.29) is 0 Å². The molecule has 0 atom stereocenters. The average molecular weight is 199 g/mol. The van der Waals surface area contributed by atoms with Crippen LogP contribution in [-0.4, -0.2) is 14.1 Å². The highest BCUT2D eigenvalue weighted by atomic mass is 14.7. The van der Waals surface area contributed by atoms with Crippen molar-refractivity contribution in [2.75, 3.05) is 14.1 Å². The van der Waals surface area contributed by atoms with Crippen LogP contribution >= 0.6 is 0 Å². The number of hydrogen-bond donors (Lipinski definition) is 1. The molecule has 1 aliphatic carbocycles. The zero-order valence-corrected chi connectivity index (χ0v) is 10.4. The summed E-state index contributed by atoms with van der Waals surface area (Å²) >= 11 is 0. The SMILES string of the molecule is CCCCCC1CCCCC1.CNC. The summed E-state index contributed by atoms with van der Waals surface area (Å²) < 4.78 is 0. The zero-order chi connectivity index (χ0) is 10.6. The number of hydrogen-bond acceptors (Lipinski definition) is 1. The monoisotopic (exact) mass is 199 g/mol. The molecule has 0 aromatic heterocycles. The Kier molecular flexibility index (Phi) is 11.0. The molecule has 0 aromatic carbocycles. The second-order valence-corrected chi connectivity index (χ2v) is 4.50. The normalized spacial score (nSPS) is 17.4. The Morgan fingerprint density at radius 3 is 2.07 bits per heavy atom. The Balaban J connectivity index is 0.000000500. The van der Waals surface area contributed by atoms with Crippen LogP contribution in [0.5, 0.6) is 0 Å². The predicted molar refractivity (Wildman–Crippen MR) is 65.7 cm³/mol. The van der Waals surface area contributed by atoms with Crippen LogP contribution in [0.1, 0.15) is 64.7 Å². The Bertz CT molecular complexity index is 95.4. The summed E-state index contributed by atoms with van der Waals surface area (Å²) in [7, 11) is 3.75. The fourth-order valence-corrected chi connectivity index (χ4v) is 2.16. The molecule has 0 radical (unpaired) electrons. The van der Waals surface area contributed by atoms with Crippen molar-refractivity contribution in [2.24, 2.45) is 5.92 Å². The first-order valence-electron chi connectivity index (χ1n) is 6.43. The van der Waals surface area contributed by atoms with Crippen LogP contribution in [0.3, 0.4) is 0 Å². The number of rotatable bonds is 4. The van der Waals surface area contributed by atoms with Gasteiger partial charge in [-0.1, -0.05) is 64.7 Å². The molecule has 0 spiro atoms. The van der Waals surface area contributed by atoms with Gasteiger partial charge in [0.2, 0.25) is 0 Å². The summed E-state index contributed by atoms with van der Waals surface area (Å²) in [6.07, 6.45) is 13.4. The minimum absolute atomic E-state index is 1.11. The maximum atomic E-state index is 2.75. The quantitative estimate of drug-likeness (QED) is 0.675. The Hall–Kier alpha value is -0.0400. The van der Waals surface area contributed by atoms with E-state index < -0.39 is 0 Å². The lowest BCUT2D eigenvalue weighted by Gasteiger charge is -2.20. The van der Waals surface area contributed by atoms with Crippen LogP contribution in [0, 0.1) is 5.92 Å². The van der Waals surface area contributed by atoms with E-state index in [0.717, 1.165) is 5.92 Å². The van der Waals surface area contributed by atoms with Gasteiger partial charge in [0.05, 0.1) is 0 Å². The highest BCUT2D eigenvalue weighted by Gasteiger charge is 2.11. The van der Waals surface area contributed by atoms with E-state index in [1.165, 1.54) is 57.8 Å². The van der Waals surface area contributed by atoms with Gasteiger partial charge in [0.25, 0.3) is 0 Å². The molecule has 0 aliphatic heterocycles. The molecule has 1 N–H and O–H groups in total. The molecule has 0 aromatic rings. The maximum Gasteiger partial charge on any atom is -0.0167 e. The predicted octanol–water partition coefficient (Wildman–Crippen LogP) is 3.98. The van der Waals surface area contributed by atoms with Crippen LogP contribution in [0.4, 0.5) is 0 Å². The maximum absolute atomic E-state index is 2.75. The second kappa shape index (κ2) is 11.0. The summed E-state index contributed by atoms with van der Waals surface area (Å²) in [6.45, 7) is 2.29. The molecule has 0 saturated heterocycles. The lowest BCUT2D eigenvalue weighted by Crippen LogP contribution is -2.05. The van der Waals surface area contributed by atoms with Crippen LogP contribution < -0.4 is 5.32 Å². The molecule has 1 aliphatic rings. The van der Waals surface area contributed by atoms with Crippen LogP contribution in [0.15, 0.2) is 0 Å². The fraction of sp³-hybridized carbons (Fsp3) is 1.00. The molecule has 14 heavy (non-hydrogen) atoms. The van der Waals surface area contributed by atoms with Crippen molar-refractivity contribution in [1.82, 2.24) is 5.32 Å². The van der Waals surface area contributed by atoms with Gasteiger partial charge >= 0.3 is 0 Å². The van der Waals surface area contributed by atoms with Gasteiger partial charge in [-0.15, -0.1) is 0 Å². The van der Waals surface area contributed by atoms with E-state index in [9.17, 15) is 0 Å². The summed E-state index contributed by atoms with van der Waals surface area (Å²) in [4.78, 5) is 0. The smallest absolute Gasteiger partial charge is 0.0167 e. The van der Waals surface area contributed by atoms with Crippen molar-refractivity contribution < 1.29 is 0 Å². The van der Waals surface area contributed by atoms with Gasteiger partial charge in [-0.05, 0) is 20.0 Å². The topological polar surface area (TPSA) is 12.0 Å². The Morgan fingerprint density at radius 2 is 1.57 bits per heavy atom. The number of unbranched alkanes of at least 4 members (excludes halogenated alkanes) is 2. The third-order valence-electron chi connectivity index (χ3n) is 2.94. The zero-order valence-electron chi connectivity index (χ0n) is 10.4. The van der Waals surface area contributed by atoms with Crippen molar-refractivity contribution in [3.8, 4) is 0 Å². The van der Waals surface area contributed by atoms with E-state index in [0.29, 0.717) is 0 Å². The van der Waals surface area contributed by atoms with Crippen molar-refractivity contribution in [1.29, 1.82) is 0 Å². The molecular formula is C13H29N. The van der Waals surface area contributed by atoms with Gasteiger partial charge in [-0.3, -0.25) is 0 Å². The first kappa shape index (κ1) is 14.0. The summed E-state index contributed by atoms with van der Waals surface area (Å²) in [6, 6.07) is 0. The molecule has 1 nitrogen and oxygen atoms in total. The minimum atomic E-state index is 1.11. The van der Waals surface area contributed by atoms with Gasteiger partial charge < -0.3 is 5.32 Å². The van der Waals surface area contributed by atoms with Gasteiger partial charge in [0.15, 0.2) is 0 Å². The van der Waals surface area contributed by atoms with Gasteiger partial charge in [-0.25, -0.2) is 0 Å². The van der Waals surface area contributed by atoms with E-state index in [2.05, 4.69) is 12.2 Å². The summed E-state index contributed by atoms with van der Waals surface area (Å²) in [5.74, 6) is 1.11. The average Bonchev–Trinajstić information content (AvgIpc) is 2.21. The molecule has 1 rings (SSSR count). The first-order chi connectivity index (χ1) is 6.85. The van der Waals surface area contributed by atoms with Crippen molar-refractivity contribution >= 4 is 0 Å². The Morgan fingerprint density at radius 1 is 1.00 bits per heavy atom. The third-order valence-corrected chi connectivity index (χ3v) is 2.94. The van der Waals surface area contributed by atoms with Gasteiger partial charge in [0, 0.05) is 0 Å².